The highest BCUT2D eigenvalue weighted by Crippen LogP contribution is 2.31. The van der Waals surface area contributed by atoms with Crippen LogP contribution >= 0.6 is 27.3 Å². The Morgan fingerprint density at radius 1 is 1.15 bits per heavy atom. The molecule has 1 N–H and O–H groups in total. The van der Waals surface area contributed by atoms with Gasteiger partial charge in [0.2, 0.25) is 0 Å². The van der Waals surface area contributed by atoms with Crippen LogP contribution in [0.1, 0.15) is 16.6 Å². The maximum absolute atomic E-state index is 5.51. The fourth-order valence-electron chi connectivity index (χ4n) is 1.96. The molecule has 3 aromatic rings. The van der Waals surface area contributed by atoms with Crippen molar-refractivity contribution in [3.63, 3.8) is 0 Å². The van der Waals surface area contributed by atoms with Crippen molar-refractivity contribution in [2.45, 2.75) is 6.04 Å². The molecule has 20 heavy (non-hydrogen) atoms. The van der Waals surface area contributed by atoms with Gasteiger partial charge in [0, 0.05) is 0 Å². The molecule has 1 unspecified atom stereocenters. The van der Waals surface area contributed by atoms with Gasteiger partial charge in [0.1, 0.15) is 5.01 Å². The van der Waals surface area contributed by atoms with Crippen molar-refractivity contribution in [3.05, 3.63) is 57.7 Å². The topological polar surface area (TPSA) is 51.0 Å². The molecule has 0 amide bonds. The fraction of sp³-hybridized carbons (Fsp3) is 0.143. The molecule has 4 nitrogen and oxygen atoms in total. The third kappa shape index (κ3) is 2.67. The quantitative estimate of drug-likeness (QED) is 0.776. The van der Waals surface area contributed by atoms with Crippen molar-refractivity contribution in [2.24, 2.45) is 0 Å². The van der Waals surface area contributed by atoms with E-state index in [0.29, 0.717) is 4.67 Å². The van der Waals surface area contributed by atoms with Crippen molar-refractivity contribution < 1.29 is 4.42 Å². The Hall–Kier alpha value is -1.50. The number of furan rings is 1. The maximum Gasteiger partial charge on any atom is 0.183 e. The monoisotopic (exact) mass is 349 g/mol. The number of hydrogen-bond acceptors (Lipinski definition) is 5. The highest BCUT2D eigenvalue weighted by Gasteiger charge is 2.18. The van der Waals surface area contributed by atoms with Crippen LogP contribution in [0, 0.1) is 0 Å². The molecule has 6 heteroatoms. The SMILES string of the molecule is CNC(c1ccccc1)c1nnc(-c2ccc(Br)o2)s1. The lowest BCUT2D eigenvalue weighted by molar-refractivity contribution is 0.554. The van der Waals surface area contributed by atoms with E-state index in [1.54, 1.807) is 0 Å². The Bertz CT molecular complexity index is 695. The molecule has 0 bridgehead atoms. The summed E-state index contributed by atoms with van der Waals surface area (Å²) in [7, 11) is 1.92. The summed E-state index contributed by atoms with van der Waals surface area (Å²) in [4.78, 5) is 0. The van der Waals surface area contributed by atoms with Gasteiger partial charge in [0.15, 0.2) is 15.4 Å². The van der Waals surface area contributed by atoms with E-state index in [1.807, 2.05) is 37.4 Å². The molecule has 0 saturated carbocycles. The van der Waals surface area contributed by atoms with E-state index in [0.717, 1.165) is 15.8 Å². The van der Waals surface area contributed by atoms with E-state index in [4.69, 9.17) is 4.42 Å². The lowest BCUT2D eigenvalue weighted by Crippen LogP contribution is -2.17. The average Bonchev–Trinajstić information content (AvgIpc) is 3.10. The third-order valence-corrected chi connectivity index (χ3v) is 4.32. The van der Waals surface area contributed by atoms with Gasteiger partial charge in [0.25, 0.3) is 0 Å². The Balaban J connectivity index is 1.92. The predicted octanol–water partition coefficient (Wildman–Crippen LogP) is 3.87. The van der Waals surface area contributed by atoms with E-state index in [9.17, 15) is 0 Å². The number of aromatic nitrogens is 2. The van der Waals surface area contributed by atoms with Gasteiger partial charge in [0.05, 0.1) is 6.04 Å². The number of nitrogens with one attached hydrogen (secondary N) is 1. The molecule has 102 valence electrons. The van der Waals surface area contributed by atoms with Gasteiger partial charge in [-0.3, -0.25) is 0 Å². The third-order valence-electron chi connectivity index (χ3n) is 2.89. The summed E-state index contributed by atoms with van der Waals surface area (Å²) in [6.45, 7) is 0. The lowest BCUT2D eigenvalue weighted by Gasteiger charge is -2.12. The van der Waals surface area contributed by atoms with Gasteiger partial charge >= 0.3 is 0 Å². The molecule has 0 radical (unpaired) electrons. The van der Waals surface area contributed by atoms with Gasteiger partial charge in [-0.25, -0.2) is 0 Å². The largest absolute Gasteiger partial charge is 0.447 e. The first-order valence-electron chi connectivity index (χ1n) is 6.09. The zero-order valence-electron chi connectivity index (χ0n) is 10.7. The minimum atomic E-state index is 0.0425. The van der Waals surface area contributed by atoms with Crippen molar-refractivity contribution >= 4 is 27.3 Å². The summed E-state index contributed by atoms with van der Waals surface area (Å²) in [5, 5.41) is 13.5. The Morgan fingerprint density at radius 3 is 2.60 bits per heavy atom. The Kier molecular flexibility index (Phi) is 3.95. The van der Waals surface area contributed by atoms with Crippen LogP contribution in [0.15, 0.2) is 51.6 Å². The fourth-order valence-corrected chi connectivity index (χ4v) is 3.21. The number of nitrogens with zero attached hydrogens (tertiary/aromatic N) is 2. The van der Waals surface area contributed by atoms with E-state index >= 15 is 0 Å². The van der Waals surface area contributed by atoms with E-state index in [2.05, 4.69) is 43.6 Å². The highest BCUT2D eigenvalue weighted by atomic mass is 79.9. The minimum absolute atomic E-state index is 0.0425. The average molecular weight is 350 g/mol. The molecule has 2 aromatic heterocycles. The van der Waals surface area contributed by atoms with Crippen molar-refractivity contribution in [2.75, 3.05) is 7.05 Å². The van der Waals surface area contributed by atoms with E-state index in [1.165, 1.54) is 16.9 Å². The van der Waals surface area contributed by atoms with Crippen LogP contribution in [0.25, 0.3) is 10.8 Å². The van der Waals surface area contributed by atoms with Crippen LogP contribution in [0.5, 0.6) is 0 Å². The molecule has 0 aliphatic heterocycles. The number of hydrogen-bond donors (Lipinski definition) is 1. The highest BCUT2D eigenvalue weighted by molar-refractivity contribution is 9.10. The normalized spacial score (nSPS) is 12.5. The van der Waals surface area contributed by atoms with Crippen LogP contribution < -0.4 is 5.32 Å². The van der Waals surface area contributed by atoms with Crippen LogP contribution in [0.2, 0.25) is 0 Å². The molecule has 0 saturated heterocycles. The minimum Gasteiger partial charge on any atom is -0.447 e. The molecular formula is C14H12BrN3OS. The molecule has 1 atom stereocenters. The van der Waals surface area contributed by atoms with Crippen LogP contribution in [-0.2, 0) is 0 Å². The molecule has 0 aliphatic carbocycles. The smallest absolute Gasteiger partial charge is 0.183 e. The first-order chi connectivity index (χ1) is 9.78. The van der Waals surface area contributed by atoms with Crippen molar-refractivity contribution in [1.29, 1.82) is 0 Å². The summed E-state index contributed by atoms with van der Waals surface area (Å²) >= 11 is 4.82. The molecule has 0 spiro atoms. The van der Waals surface area contributed by atoms with Gasteiger partial charge in [-0.1, -0.05) is 41.7 Å². The molecule has 3 rings (SSSR count). The van der Waals surface area contributed by atoms with Crippen molar-refractivity contribution in [1.82, 2.24) is 15.5 Å². The molecule has 0 fully saturated rings. The zero-order valence-corrected chi connectivity index (χ0v) is 13.1. The summed E-state index contributed by atoms with van der Waals surface area (Å²) < 4.78 is 6.20. The summed E-state index contributed by atoms with van der Waals surface area (Å²) in [6.07, 6.45) is 0. The first kappa shape index (κ1) is 13.5. The molecule has 2 heterocycles. The Morgan fingerprint density at radius 2 is 1.95 bits per heavy atom. The van der Waals surface area contributed by atoms with E-state index in [-0.39, 0.29) is 6.04 Å². The summed E-state index contributed by atoms with van der Waals surface area (Å²) in [6, 6.07) is 14.0. The Labute approximate surface area is 129 Å². The molecule has 1 aromatic carbocycles. The van der Waals surface area contributed by atoms with E-state index < -0.39 is 0 Å². The standard InChI is InChI=1S/C14H12BrN3OS/c1-16-12(9-5-3-2-4-6-9)14-18-17-13(20-14)10-7-8-11(15)19-10/h2-8,12,16H,1H3. The maximum atomic E-state index is 5.51. The second kappa shape index (κ2) is 5.87. The molecule has 0 aliphatic rings. The first-order valence-corrected chi connectivity index (χ1v) is 7.70. The second-order valence-corrected chi connectivity index (χ2v) is 5.97. The van der Waals surface area contributed by atoms with Gasteiger partial charge in [-0.05, 0) is 40.7 Å². The van der Waals surface area contributed by atoms with Crippen LogP contribution in [0.3, 0.4) is 0 Å². The van der Waals surface area contributed by atoms with Gasteiger partial charge < -0.3 is 9.73 Å². The second-order valence-electron chi connectivity index (χ2n) is 4.18. The van der Waals surface area contributed by atoms with Gasteiger partial charge in [-0.15, -0.1) is 10.2 Å². The summed E-state index contributed by atoms with van der Waals surface area (Å²) in [5.74, 6) is 0.725. The zero-order chi connectivity index (χ0) is 13.9. The number of rotatable bonds is 4. The van der Waals surface area contributed by atoms with Crippen molar-refractivity contribution in [3.8, 4) is 10.8 Å². The van der Waals surface area contributed by atoms with Crippen LogP contribution in [-0.4, -0.2) is 17.2 Å². The predicted molar refractivity (Wildman–Crippen MR) is 82.7 cm³/mol. The van der Waals surface area contributed by atoms with Gasteiger partial charge in [-0.2, -0.15) is 0 Å². The number of benzene rings is 1. The van der Waals surface area contributed by atoms with Crippen LogP contribution in [0.4, 0.5) is 0 Å². The summed E-state index contributed by atoms with van der Waals surface area (Å²) in [5.41, 5.74) is 1.17. The molecular weight excluding hydrogens is 338 g/mol. The number of halogens is 1. The lowest BCUT2D eigenvalue weighted by atomic mass is 10.1.